The summed E-state index contributed by atoms with van der Waals surface area (Å²) in [6, 6.07) is 2.32. The molecule has 1 amide bonds. The topological polar surface area (TPSA) is 71.2 Å². The molecular weight excluding hydrogens is 228 g/mol. The van der Waals surface area contributed by atoms with Crippen molar-refractivity contribution in [1.82, 2.24) is 10.3 Å². The Bertz CT molecular complexity index is 439. The molecule has 2 rings (SSSR count). The highest BCUT2D eigenvalue weighted by Gasteiger charge is 2.20. The van der Waals surface area contributed by atoms with E-state index in [1.54, 1.807) is 13.1 Å². The van der Waals surface area contributed by atoms with Crippen molar-refractivity contribution >= 4 is 17.4 Å². The van der Waals surface area contributed by atoms with Crippen LogP contribution in [0, 0.1) is 6.92 Å². The zero-order valence-electron chi connectivity index (χ0n) is 10.9. The molecule has 3 N–H and O–H groups in total. The highest BCUT2D eigenvalue weighted by molar-refractivity contribution is 5.73. The van der Waals surface area contributed by atoms with Gasteiger partial charge in [0.15, 0.2) is 0 Å². The molecule has 0 bridgehead atoms. The Labute approximate surface area is 107 Å². The van der Waals surface area contributed by atoms with Crippen LogP contribution >= 0.6 is 0 Å². The van der Waals surface area contributed by atoms with E-state index in [9.17, 15) is 4.79 Å². The Morgan fingerprint density at radius 2 is 2.17 bits per heavy atom. The molecule has 1 aromatic rings. The van der Waals surface area contributed by atoms with Gasteiger partial charge in [0.1, 0.15) is 5.82 Å². The molecular formula is C13H20N4O. The molecule has 0 spiro atoms. The quantitative estimate of drug-likeness (QED) is 0.821. The van der Waals surface area contributed by atoms with Crippen molar-refractivity contribution in [2.24, 2.45) is 0 Å². The number of hydrogen-bond donors (Lipinski definition) is 2. The number of carbonyl (C=O) groups excluding carboxylic acids is 1. The average Bonchev–Trinajstić information content (AvgIpc) is 2.33. The van der Waals surface area contributed by atoms with E-state index in [-0.39, 0.29) is 5.91 Å². The van der Waals surface area contributed by atoms with Gasteiger partial charge in [-0.3, -0.25) is 4.79 Å². The van der Waals surface area contributed by atoms with Crippen molar-refractivity contribution < 1.29 is 4.79 Å². The number of piperidine rings is 1. The number of aromatic nitrogens is 1. The SMILES string of the molecule is CC(=O)NC1CCN(c2cc(C)c(N)cn2)CC1. The number of rotatable bonds is 2. The van der Waals surface area contributed by atoms with Crippen LogP contribution < -0.4 is 16.0 Å². The largest absolute Gasteiger partial charge is 0.397 e. The van der Waals surface area contributed by atoms with Gasteiger partial charge in [-0.25, -0.2) is 4.98 Å². The lowest BCUT2D eigenvalue weighted by atomic mass is 10.0. The molecule has 5 nitrogen and oxygen atoms in total. The molecule has 1 aliphatic heterocycles. The molecule has 1 aliphatic rings. The van der Waals surface area contributed by atoms with Gasteiger partial charge in [0.2, 0.25) is 5.91 Å². The summed E-state index contributed by atoms with van der Waals surface area (Å²) < 4.78 is 0. The van der Waals surface area contributed by atoms with Crippen LogP contribution in [-0.2, 0) is 4.79 Å². The highest BCUT2D eigenvalue weighted by atomic mass is 16.1. The van der Waals surface area contributed by atoms with Crippen molar-refractivity contribution in [3.05, 3.63) is 17.8 Å². The van der Waals surface area contributed by atoms with Crippen LogP contribution in [0.1, 0.15) is 25.3 Å². The first kappa shape index (κ1) is 12.7. The summed E-state index contributed by atoms with van der Waals surface area (Å²) in [5.41, 5.74) is 7.55. The number of carbonyl (C=O) groups is 1. The van der Waals surface area contributed by atoms with Gasteiger partial charge in [-0.2, -0.15) is 0 Å². The summed E-state index contributed by atoms with van der Waals surface area (Å²) in [5.74, 6) is 1.03. The lowest BCUT2D eigenvalue weighted by Gasteiger charge is -2.33. The number of hydrogen-bond acceptors (Lipinski definition) is 4. The van der Waals surface area contributed by atoms with Crippen LogP contribution in [0.15, 0.2) is 12.3 Å². The molecule has 1 fully saturated rings. The molecule has 0 aromatic carbocycles. The van der Waals surface area contributed by atoms with Crippen molar-refractivity contribution in [3.63, 3.8) is 0 Å². The predicted molar refractivity (Wildman–Crippen MR) is 72.4 cm³/mol. The van der Waals surface area contributed by atoms with Crippen LogP contribution in [0.25, 0.3) is 0 Å². The standard InChI is InChI=1S/C13H20N4O/c1-9-7-13(15-8-12(9)14)17-5-3-11(4-6-17)16-10(2)18/h7-8,11H,3-6,14H2,1-2H3,(H,16,18). The van der Waals surface area contributed by atoms with Crippen LogP contribution in [0.3, 0.4) is 0 Å². The molecule has 18 heavy (non-hydrogen) atoms. The van der Waals surface area contributed by atoms with E-state index >= 15 is 0 Å². The number of anilines is 2. The fourth-order valence-electron chi connectivity index (χ4n) is 2.27. The molecule has 0 unspecified atom stereocenters. The van der Waals surface area contributed by atoms with Crippen LogP contribution in [0.4, 0.5) is 11.5 Å². The van der Waals surface area contributed by atoms with E-state index in [2.05, 4.69) is 15.2 Å². The van der Waals surface area contributed by atoms with Crippen molar-refractivity contribution in [3.8, 4) is 0 Å². The average molecular weight is 248 g/mol. The molecule has 0 aliphatic carbocycles. The number of aryl methyl sites for hydroxylation is 1. The zero-order valence-corrected chi connectivity index (χ0v) is 10.9. The molecule has 0 radical (unpaired) electrons. The molecule has 0 atom stereocenters. The van der Waals surface area contributed by atoms with Crippen LogP contribution in [0.5, 0.6) is 0 Å². The minimum Gasteiger partial charge on any atom is -0.397 e. The van der Waals surface area contributed by atoms with Gasteiger partial charge in [0.05, 0.1) is 11.9 Å². The van der Waals surface area contributed by atoms with Crippen molar-refractivity contribution in [1.29, 1.82) is 0 Å². The third kappa shape index (κ3) is 2.91. The first-order valence-corrected chi connectivity index (χ1v) is 6.30. The van der Waals surface area contributed by atoms with Gasteiger partial charge in [-0.1, -0.05) is 0 Å². The number of nitrogens with one attached hydrogen (secondary N) is 1. The molecule has 98 valence electrons. The number of nitrogen functional groups attached to an aromatic ring is 1. The Kier molecular flexibility index (Phi) is 3.69. The Morgan fingerprint density at radius 3 is 2.72 bits per heavy atom. The second-order valence-corrected chi connectivity index (χ2v) is 4.86. The molecule has 1 aromatic heterocycles. The maximum Gasteiger partial charge on any atom is 0.217 e. The maximum atomic E-state index is 11.0. The summed E-state index contributed by atoms with van der Waals surface area (Å²) in [5, 5.41) is 2.97. The van der Waals surface area contributed by atoms with Gasteiger partial charge in [0, 0.05) is 26.1 Å². The van der Waals surface area contributed by atoms with Crippen LogP contribution in [-0.4, -0.2) is 30.0 Å². The maximum absolute atomic E-state index is 11.0. The third-order valence-corrected chi connectivity index (χ3v) is 3.36. The number of nitrogens with two attached hydrogens (primary N) is 1. The summed E-state index contributed by atoms with van der Waals surface area (Å²) >= 11 is 0. The molecule has 1 saturated heterocycles. The fraction of sp³-hybridized carbons (Fsp3) is 0.538. The smallest absolute Gasteiger partial charge is 0.217 e. The van der Waals surface area contributed by atoms with Gasteiger partial charge < -0.3 is 16.0 Å². The summed E-state index contributed by atoms with van der Waals surface area (Å²) in [7, 11) is 0. The van der Waals surface area contributed by atoms with E-state index in [0.717, 1.165) is 43.0 Å². The van der Waals surface area contributed by atoms with Crippen molar-refractivity contribution in [2.45, 2.75) is 32.7 Å². The van der Waals surface area contributed by atoms with Crippen molar-refractivity contribution in [2.75, 3.05) is 23.7 Å². The first-order chi connectivity index (χ1) is 8.56. The molecule has 0 saturated carbocycles. The minimum absolute atomic E-state index is 0.0508. The Hall–Kier alpha value is -1.78. The minimum atomic E-state index is 0.0508. The second-order valence-electron chi connectivity index (χ2n) is 4.86. The van der Waals surface area contributed by atoms with Gasteiger partial charge >= 0.3 is 0 Å². The monoisotopic (exact) mass is 248 g/mol. The Balaban J connectivity index is 1.96. The zero-order chi connectivity index (χ0) is 13.1. The number of pyridine rings is 1. The van der Waals surface area contributed by atoms with Crippen LogP contribution in [0.2, 0.25) is 0 Å². The Morgan fingerprint density at radius 1 is 1.50 bits per heavy atom. The first-order valence-electron chi connectivity index (χ1n) is 6.30. The van der Waals surface area contributed by atoms with Gasteiger partial charge in [-0.05, 0) is 31.4 Å². The molecule has 2 heterocycles. The highest BCUT2D eigenvalue weighted by Crippen LogP contribution is 2.21. The summed E-state index contributed by atoms with van der Waals surface area (Å²) in [6.07, 6.45) is 3.64. The van der Waals surface area contributed by atoms with Gasteiger partial charge in [-0.15, -0.1) is 0 Å². The second kappa shape index (κ2) is 5.25. The van der Waals surface area contributed by atoms with E-state index in [0.29, 0.717) is 6.04 Å². The van der Waals surface area contributed by atoms with E-state index in [1.807, 2.05) is 13.0 Å². The number of nitrogens with zero attached hydrogens (tertiary/aromatic N) is 2. The fourth-order valence-corrected chi connectivity index (χ4v) is 2.27. The summed E-state index contributed by atoms with van der Waals surface area (Å²) in [6.45, 7) is 5.39. The summed E-state index contributed by atoms with van der Waals surface area (Å²) in [4.78, 5) is 17.6. The van der Waals surface area contributed by atoms with E-state index < -0.39 is 0 Å². The molecule has 5 heteroatoms. The normalized spacial score (nSPS) is 16.7. The number of amides is 1. The lowest BCUT2D eigenvalue weighted by molar-refractivity contribution is -0.119. The lowest BCUT2D eigenvalue weighted by Crippen LogP contribution is -2.44. The van der Waals surface area contributed by atoms with Gasteiger partial charge in [0.25, 0.3) is 0 Å². The van der Waals surface area contributed by atoms with E-state index in [4.69, 9.17) is 5.73 Å². The van der Waals surface area contributed by atoms with E-state index in [1.165, 1.54) is 0 Å². The third-order valence-electron chi connectivity index (χ3n) is 3.36. The predicted octanol–water partition coefficient (Wildman–Crippen LogP) is 1.08.